The summed E-state index contributed by atoms with van der Waals surface area (Å²) >= 11 is 0. The Labute approximate surface area is 134 Å². The van der Waals surface area contributed by atoms with Gasteiger partial charge < -0.3 is 4.74 Å². The van der Waals surface area contributed by atoms with Gasteiger partial charge in [0.15, 0.2) is 0 Å². The number of anilines is 1. The fourth-order valence-electron chi connectivity index (χ4n) is 2.80. The average Bonchev–Trinajstić information content (AvgIpc) is 3.02. The van der Waals surface area contributed by atoms with Crippen LogP contribution in [0.15, 0.2) is 65.6 Å². The molecule has 5 heteroatoms. The van der Waals surface area contributed by atoms with E-state index in [0.29, 0.717) is 12.3 Å². The maximum Gasteiger partial charge on any atom is 0.261 e. The van der Waals surface area contributed by atoms with Crippen molar-refractivity contribution in [3.63, 3.8) is 0 Å². The van der Waals surface area contributed by atoms with Crippen molar-refractivity contribution in [2.45, 2.75) is 11.3 Å². The van der Waals surface area contributed by atoms with Crippen molar-refractivity contribution < 1.29 is 13.2 Å². The van der Waals surface area contributed by atoms with Crippen molar-refractivity contribution in [1.82, 2.24) is 0 Å². The average molecular weight is 325 g/mol. The summed E-state index contributed by atoms with van der Waals surface area (Å²) in [5.41, 5.74) is 1.49. The molecule has 0 atom stereocenters. The van der Waals surface area contributed by atoms with E-state index in [1.807, 2.05) is 36.4 Å². The van der Waals surface area contributed by atoms with Crippen molar-refractivity contribution in [1.29, 1.82) is 0 Å². The predicted octanol–water partition coefficient (Wildman–Crippen LogP) is 3.58. The van der Waals surface area contributed by atoms with Crippen molar-refractivity contribution in [3.05, 3.63) is 66.2 Å². The lowest BCUT2D eigenvalue weighted by Crippen LogP contribution is -2.13. The fraction of sp³-hybridized carbons (Fsp3) is 0.111. The van der Waals surface area contributed by atoms with E-state index in [4.69, 9.17) is 4.74 Å². The van der Waals surface area contributed by atoms with Gasteiger partial charge in [-0.25, -0.2) is 8.42 Å². The van der Waals surface area contributed by atoms with Crippen molar-refractivity contribution in [3.8, 4) is 5.75 Å². The number of rotatable bonds is 3. The van der Waals surface area contributed by atoms with E-state index in [-0.39, 0.29) is 4.90 Å². The van der Waals surface area contributed by atoms with Gasteiger partial charge in [-0.1, -0.05) is 30.3 Å². The third kappa shape index (κ3) is 2.64. The first kappa shape index (κ1) is 14.1. The van der Waals surface area contributed by atoms with Crippen LogP contribution in [-0.4, -0.2) is 15.0 Å². The smallest absolute Gasteiger partial charge is 0.261 e. The Balaban J connectivity index is 1.68. The van der Waals surface area contributed by atoms with E-state index in [1.165, 1.54) is 0 Å². The third-order valence-corrected chi connectivity index (χ3v) is 5.35. The Morgan fingerprint density at radius 1 is 0.913 bits per heavy atom. The molecule has 0 saturated heterocycles. The highest BCUT2D eigenvalue weighted by atomic mass is 32.2. The topological polar surface area (TPSA) is 55.4 Å². The monoisotopic (exact) mass is 325 g/mol. The Morgan fingerprint density at radius 2 is 1.74 bits per heavy atom. The molecule has 23 heavy (non-hydrogen) atoms. The minimum atomic E-state index is -3.61. The number of hydrogen-bond donors (Lipinski definition) is 1. The molecule has 0 aliphatic carbocycles. The molecule has 1 aliphatic rings. The minimum absolute atomic E-state index is 0.259. The summed E-state index contributed by atoms with van der Waals surface area (Å²) in [4.78, 5) is 0.259. The molecule has 0 radical (unpaired) electrons. The maximum absolute atomic E-state index is 12.6. The standard InChI is InChI=1S/C18H15NO3S/c20-23(21,17-7-8-18-15(12-17)9-10-22-18)19-16-6-5-13-3-1-2-4-14(13)11-16/h1-8,11-12,19H,9-10H2. The molecule has 0 aromatic heterocycles. The second-order valence-corrected chi connectivity index (χ2v) is 7.22. The molecule has 0 saturated carbocycles. The highest BCUT2D eigenvalue weighted by Gasteiger charge is 2.19. The van der Waals surface area contributed by atoms with Gasteiger partial charge in [0, 0.05) is 12.1 Å². The van der Waals surface area contributed by atoms with Gasteiger partial charge >= 0.3 is 0 Å². The van der Waals surface area contributed by atoms with E-state index in [1.54, 1.807) is 24.3 Å². The Hall–Kier alpha value is -2.53. The van der Waals surface area contributed by atoms with Gasteiger partial charge in [-0.3, -0.25) is 4.72 Å². The molecule has 1 N–H and O–H groups in total. The lowest BCUT2D eigenvalue weighted by atomic mass is 10.1. The van der Waals surface area contributed by atoms with E-state index in [0.717, 1.165) is 28.5 Å². The lowest BCUT2D eigenvalue weighted by Gasteiger charge is -2.10. The summed E-state index contributed by atoms with van der Waals surface area (Å²) in [6, 6.07) is 18.3. The molecule has 0 bridgehead atoms. The highest BCUT2D eigenvalue weighted by molar-refractivity contribution is 7.92. The third-order valence-electron chi connectivity index (χ3n) is 3.97. The number of nitrogens with one attached hydrogen (secondary N) is 1. The van der Waals surface area contributed by atoms with Crippen LogP contribution in [0.3, 0.4) is 0 Å². The molecule has 0 fully saturated rings. The van der Waals surface area contributed by atoms with E-state index < -0.39 is 10.0 Å². The quantitative estimate of drug-likeness (QED) is 0.801. The van der Waals surface area contributed by atoms with Gasteiger partial charge in [0.2, 0.25) is 0 Å². The first-order chi connectivity index (χ1) is 11.1. The summed E-state index contributed by atoms with van der Waals surface area (Å²) in [6.07, 6.45) is 0.745. The Bertz CT molecular complexity index is 996. The normalized spacial score (nSPS) is 13.6. The van der Waals surface area contributed by atoms with Crippen LogP contribution in [0.2, 0.25) is 0 Å². The maximum atomic E-state index is 12.6. The van der Waals surface area contributed by atoms with Crippen LogP contribution < -0.4 is 9.46 Å². The summed E-state index contributed by atoms with van der Waals surface area (Å²) < 4.78 is 33.2. The molecule has 0 amide bonds. The van der Waals surface area contributed by atoms with Crippen LogP contribution in [0.4, 0.5) is 5.69 Å². The van der Waals surface area contributed by atoms with Crippen molar-refractivity contribution in [2.24, 2.45) is 0 Å². The molecule has 0 unspecified atom stereocenters. The van der Waals surface area contributed by atoms with E-state index >= 15 is 0 Å². The van der Waals surface area contributed by atoms with E-state index in [2.05, 4.69) is 4.72 Å². The largest absolute Gasteiger partial charge is 0.493 e. The molecule has 4 nitrogen and oxygen atoms in total. The number of ether oxygens (including phenoxy) is 1. The SMILES string of the molecule is O=S(=O)(Nc1ccc2ccccc2c1)c1ccc2c(c1)CCO2. The molecule has 116 valence electrons. The van der Waals surface area contributed by atoms with Gasteiger partial charge in [-0.2, -0.15) is 0 Å². The lowest BCUT2D eigenvalue weighted by molar-refractivity contribution is 0.356. The second-order valence-electron chi connectivity index (χ2n) is 5.54. The minimum Gasteiger partial charge on any atom is -0.493 e. The Morgan fingerprint density at radius 3 is 2.61 bits per heavy atom. The van der Waals surface area contributed by atoms with Gasteiger partial charge in [-0.15, -0.1) is 0 Å². The van der Waals surface area contributed by atoms with Crippen molar-refractivity contribution >= 4 is 26.5 Å². The molecule has 0 spiro atoms. The molecule has 1 aliphatic heterocycles. The zero-order chi connectivity index (χ0) is 15.9. The van der Waals surface area contributed by atoms with Crippen LogP contribution >= 0.6 is 0 Å². The first-order valence-electron chi connectivity index (χ1n) is 7.39. The molecule has 4 rings (SSSR count). The number of hydrogen-bond acceptors (Lipinski definition) is 3. The van der Waals surface area contributed by atoms with E-state index in [9.17, 15) is 8.42 Å². The number of sulfonamides is 1. The number of benzene rings is 3. The van der Waals surface area contributed by atoms with Crippen molar-refractivity contribution in [2.75, 3.05) is 11.3 Å². The van der Waals surface area contributed by atoms with Gasteiger partial charge in [-0.05, 0) is 46.7 Å². The van der Waals surface area contributed by atoms with Gasteiger partial charge in [0.1, 0.15) is 5.75 Å². The second kappa shape index (κ2) is 5.28. The number of fused-ring (bicyclic) bond motifs is 2. The summed E-state index contributed by atoms with van der Waals surface area (Å²) in [7, 11) is -3.61. The van der Waals surface area contributed by atoms with Gasteiger partial charge in [0.05, 0.1) is 11.5 Å². The first-order valence-corrected chi connectivity index (χ1v) is 8.87. The van der Waals surface area contributed by atoms with Crippen LogP contribution in [0.1, 0.15) is 5.56 Å². The van der Waals surface area contributed by atoms with Crippen LogP contribution in [0.5, 0.6) is 5.75 Å². The predicted molar refractivity (Wildman–Crippen MR) is 90.4 cm³/mol. The Kier molecular flexibility index (Phi) is 3.23. The van der Waals surface area contributed by atoms with Crippen LogP contribution in [-0.2, 0) is 16.4 Å². The highest BCUT2D eigenvalue weighted by Crippen LogP contribution is 2.29. The zero-order valence-corrected chi connectivity index (χ0v) is 13.1. The molecule has 1 heterocycles. The van der Waals surface area contributed by atoms with Crippen LogP contribution in [0, 0.1) is 0 Å². The molecule has 3 aromatic carbocycles. The molecular weight excluding hydrogens is 310 g/mol. The van der Waals surface area contributed by atoms with Gasteiger partial charge in [0.25, 0.3) is 10.0 Å². The molecule has 3 aromatic rings. The summed E-state index contributed by atoms with van der Waals surface area (Å²) in [5.74, 6) is 0.773. The summed E-state index contributed by atoms with van der Waals surface area (Å²) in [5, 5.41) is 2.07. The molecular formula is C18H15NO3S. The fourth-order valence-corrected chi connectivity index (χ4v) is 3.90. The van der Waals surface area contributed by atoms with Crippen LogP contribution in [0.25, 0.3) is 10.8 Å². The summed E-state index contributed by atoms with van der Waals surface area (Å²) in [6.45, 7) is 0.608. The zero-order valence-electron chi connectivity index (χ0n) is 12.3.